The zero-order chi connectivity index (χ0) is 28.3. The molecule has 1 aliphatic rings. The molecule has 1 unspecified atom stereocenters. The molecule has 0 saturated carbocycles. The second kappa shape index (κ2) is 11.6. The van der Waals surface area contributed by atoms with E-state index in [0.717, 1.165) is 64.6 Å². The Hall–Kier alpha value is -4.47. The molecule has 0 bridgehead atoms. The summed E-state index contributed by atoms with van der Waals surface area (Å²) < 4.78 is 13.7. The number of ether oxygens (including phenoxy) is 2. The average Bonchev–Trinajstić information content (AvgIpc) is 3.59. The molecule has 1 atom stereocenters. The zero-order valence-electron chi connectivity index (χ0n) is 23.0. The van der Waals surface area contributed by atoms with Gasteiger partial charge in [0, 0.05) is 49.3 Å². The molecule has 3 aromatic carbocycles. The quantitative estimate of drug-likeness (QED) is 0.251. The number of carboxylic acid groups (broad SMARTS) is 1. The van der Waals surface area contributed by atoms with Gasteiger partial charge in [0.15, 0.2) is 0 Å². The number of rotatable bonds is 10. The van der Waals surface area contributed by atoms with Crippen molar-refractivity contribution in [3.8, 4) is 16.9 Å². The smallest absolute Gasteiger partial charge is 0.307 e. The molecule has 9 heteroatoms. The maximum atomic E-state index is 11.4. The van der Waals surface area contributed by atoms with E-state index < -0.39 is 5.97 Å². The van der Waals surface area contributed by atoms with Crippen molar-refractivity contribution in [3.63, 3.8) is 0 Å². The van der Waals surface area contributed by atoms with Crippen LogP contribution >= 0.6 is 0 Å². The summed E-state index contributed by atoms with van der Waals surface area (Å²) in [6.07, 6.45) is 2.63. The molecule has 0 amide bonds. The van der Waals surface area contributed by atoms with Gasteiger partial charge in [0.1, 0.15) is 23.9 Å². The summed E-state index contributed by atoms with van der Waals surface area (Å²) in [5, 5.41) is 17.4. The van der Waals surface area contributed by atoms with E-state index in [1.54, 1.807) is 19.4 Å². The highest BCUT2D eigenvalue weighted by Crippen LogP contribution is 2.35. The van der Waals surface area contributed by atoms with Gasteiger partial charge in [-0.05, 0) is 47.2 Å². The predicted molar refractivity (Wildman–Crippen MR) is 159 cm³/mol. The van der Waals surface area contributed by atoms with Crippen LogP contribution in [-0.2, 0) is 22.6 Å². The molecule has 1 fully saturated rings. The number of carboxylic acids is 1. The van der Waals surface area contributed by atoms with Crippen molar-refractivity contribution >= 4 is 33.5 Å². The summed E-state index contributed by atoms with van der Waals surface area (Å²) in [5.74, 6) is 0.162. The molecule has 210 valence electrons. The molecule has 2 aromatic heterocycles. The Morgan fingerprint density at radius 3 is 2.80 bits per heavy atom. The minimum absolute atomic E-state index is 0.103. The lowest BCUT2D eigenvalue weighted by atomic mass is 9.97. The topological polar surface area (TPSA) is 116 Å². The second-order valence-corrected chi connectivity index (χ2v) is 10.4. The van der Waals surface area contributed by atoms with Gasteiger partial charge in [0.2, 0.25) is 0 Å². The molecule has 1 aliphatic heterocycles. The lowest BCUT2D eigenvalue weighted by Crippen LogP contribution is -2.25. The van der Waals surface area contributed by atoms with Crippen molar-refractivity contribution in [2.45, 2.75) is 25.5 Å². The van der Waals surface area contributed by atoms with Crippen LogP contribution in [0.5, 0.6) is 5.75 Å². The number of fused-ring (bicyclic) bond motifs is 2. The number of aliphatic carboxylic acids is 1. The largest absolute Gasteiger partial charge is 0.487 e. The highest BCUT2D eigenvalue weighted by atomic mass is 16.5. The Labute approximate surface area is 238 Å². The van der Waals surface area contributed by atoms with Crippen LogP contribution in [0.3, 0.4) is 0 Å². The summed E-state index contributed by atoms with van der Waals surface area (Å²) in [6, 6.07) is 22.0. The number of aromatic nitrogens is 3. The molecule has 1 saturated heterocycles. The summed E-state index contributed by atoms with van der Waals surface area (Å²) in [4.78, 5) is 18.1. The van der Waals surface area contributed by atoms with Gasteiger partial charge in [-0.1, -0.05) is 42.5 Å². The van der Waals surface area contributed by atoms with Crippen molar-refractivity contribution in [3.05, 3.63) is 84.2 Å². The summed E-state index contributed by atoms with van der Waals surface area (Å²) >= 11 is 0. The van der Waals surface area contributed by atoms with Crippen LogP contribution in [0.1, 0.15) is 23.7 Å². The standard InChI is InChI=1S/C32H33N5O4/c1-40-16-15-36-14-12-23(19-36)37-29-10-9-21(24-6-4-7-26-25(24)11-13-34-32(26)33)17-27(29)28(35-37)20-41-30-8-3-2-5-22(30)18-31(38)39/h2-11,13,17,23H,12,14-16,18-20H2,1H3,(H2,33,34)(H,38,39). The van der Waals surface area contributed by atoms with Crippen molar-refractivity contribution < 1.29 is 19.4 Å². The third-order valence-electron chi connectivity index (χ3n) is 7.81. The Morgan fingerprint density at radius 1 is 1.07 bits per heavy atom. The first-order valence-electron chi connectivity index (χ1n) is 13.8. The fourth-order valence-electron chi connectivity index (χ4n) is 5.77. The van der Waals surface area contributed by atoms with E-state index in [2.05, 4.69) is 38.8 Å². The van der Waals surface area contributed by atoms with Crippen LogP contribution < -0.4 is 10.5 Å². The number of anilines is 1. The number of carbonyl (C=O) groups is 1. The number of pyridine rings is 1. The molecule has 3 heterocycles. The molecule has 6 rings (SSSR count). The number of methoxy groups -OCH3 is 1. The van der Waals surface area contributed by atoms with Crippen LogP contribution in [0.2, 0.25) is 0 Å². The van der Waals surface area contributed by atoms with E-state index >= 15 is 0 Å². The summed E-state index contributed by atoms with van der Waals surface area (Å²) in [6.45, 7) is 3.71. The molecule has 5 aromatic rings. The molecular formula is C32H33N5O4. The summed E-state index contributed by atoms with van der Waals surface area (Å²) in [5.41, 5.74) is 10.8. The van der Waals surface area contributed by atoms with Crippen LogP contribution in [0, 0.1) is 0 Å². The number of nitrogens with zero attached hydrogens (tertiary/aromatic N) is 4. The van der Waals surface area contributed by atoms with Gasteiger partial charge in [-0.2, -0.15) is 5.10 Å². The van der Waals surface area contributed by atoms with E-state index in [-0.39, 0.29) is 19.1 Å². The van der Waals surface area contributed by atoms with Crippen LogP contribution in [0.4, 0.5) is 5.82 Å². The van der Waals surface area contributed by atoms with E-state index in [1.165, 1.54) is 0 Å². The van der Waals surface area contributed by atoms with Crippen LogP contribution in [0.25, 0.3) is 32.8 Å². The molecule has 3 N–H and O–H groups in total. The van der Waals surface area contributed by atoms with Crippen molar-refractivity contribution in [1.82, 2.24) is 19.7 Å². The average molecular weight is 552 g/mol. The van der Waals surface area contributed by atoms with Crippen LogP contribution in [-0.4, -0.2) is 64.1 Å². The molecule has 0 radical (unpaired) electrons. The van der Waals surface area contributed by atoms with Gasteiger partial charge < -0.3 is 20.3 Å². The first kappa shape index (κ1) is 26.7. The lowest BCUT2D eigenvalue weighted by Gasteiger charge is -2.16. The highest BCUT2D eigenvalue weighted by Gasteiger charge is 2.27. The van der Waals surface area contributed by atoms with Crippen molar-refractivity contribution in [2.24, 2.45) is 0 Å². The Balaban J connectivity index is 1.40. The second-order valence-electron chi connectivity index (χ2n) is 10.4. The fourth-order valence-corrected chi connectivity index (χ4v) is 5.77. The van der Waals surface area contributed by atoms with E-state index in [9.17, 15) is 9.90 Å². The third kappa shape index (κ3) is 5.46. The van der Waals surface area contributed by atoms with Crippen molar-refractivity contribution in [1.29, 1.82) is 0 Å². The molecule has 41 heavy (non-hydrogen) atoms. The van der Waals surface area contributed by atoms with Crippen LogP contribution in [0.15, 0.2) is 72.9 Å². The predicted octanol–water partition coefficient (Wildman–Crippen LogP) is 4.93. The van der Waals surface area contributed by atoms with Gasteiger partial charge in [0.05, 0.1) is 24.6 Å². The lowest BCUT2D eigenvalue weighted by molar-refractivity contribution is -0.136. The molecular weight excluding hydrogens is 518 g/mol. The minimum Gasteiger partial charge on any atom is -0.487 e. The number of benzene rings is 3. The fraction of sp³-hybridized carbons (Fsp3) is 0.281. The zero-order valence-corrected chi connectivity index (χ0v) is 23.0. The Morgan fingerprint density at radius 2 is 1.95 bits per heavy atom. The van der Waals surface area contributed by atoms with E-state index in [4.69, 9.17) is 20.3 Å². The van der Waals surface area contributed by atoms with Gasteiger partial charge in [-0.25, -0.2) is 4.98 Å². The summed E-state index contributed by atoms with van der Waals surface area (Å²) in [7, 11) is 1.73. The maximum absolute atomic E-state index is 11.4. The maximum Gasteiger partial charge on any atom is 0.307 e. The van der Waals surface area contributed by atoms with Gasteiger partial charge in [-0.3, -0.25) is 14.4 Å². The van der Waals surface area contributed by atoms with E-state index in [0.29, 0.717) is 23.7 Å². The van der Waals surface area contributed by atoms with Crippen molar-refractivity contribution in [2.75, 3.05) is 39.1 Å². The monoisotopic (exact) mass is 551 g/mol. The highest BCUT2D eigenvalue weighted by molar-refractivity contribution is 6.02. The number of nitrogens with two attached hydrogens (primary N) is 1. The first-order chi connectivity index (χ1) is 20.0. The Bertz CT molecular complexity index is 1720. The number of hydrogen-bond donors (Lipinski definition) is 2. The third-order valence-corrected chi connectivity index (χ3v) is 7.81. The number of likely N-dealkylation sites (tertiary alicyclic amines) is 1. The minimum atomic E-state index is -0.898. The molecule has 9 nitrogen and oxygen atoms in total. The normalized spacial score (nSPS) is 15.6. The number of nitrogen functional groups attached to an aromatic ring is 1. The number of para-hydroxylation sites is 1. The SMILES string of the molecule is COCCN1CCC(n2nc(COc3ccccc3CC(=O)O)c3cc(-c4cccc5c(N)nccc45)ccc32)C1. The Kier molecular flexibility index (Phi) is 7.54. The number of hydrogen-bond acceptors (Lipinski definition) is 7. The van der Waals surface area contributed by atoms with E-state index in [1.807, 2.05) is 36.4 Å². The molecule has 0 aliphatic carbocycles. The van der Waals surface area contributed by atoms with Gasteiger partial charge in [-0.15, -0.1) is 0 Å². The van der Waals surface area contributed by atoms with Gasteiger partial charge in [0.25, 0.3) is 0 Å². The molecule has 0 spiro atoms. The first-order valence-corrected chi connectivity index (χ1v) is 13.8. The van der Waals surface area contributed by atoms with Gasteiger partial charge >= 0.3 is 5.97 Å².